The highest BCUT2D eigenvalue weighted by molar-refractivity contribution is 9.10. The number of nitrogens with zero attached hydrogens (tertiary/aromatic N) is 1. The first-order valence-corrected chi connectivity index (χ1v) is 8.31. The molecule has 2 N–H and O–H groups in total. The van der Waals surface area contributed by atoms with E-state index in [2.05, 4.69) is 31.5 Å². The van der Waals surface area contributed by atoms with Gasteiger partial charge in [0.2, 0.25) is 5.91 Å². The maximum atomic E-state index is 12.0. The van der Waals surface area contributed by atoms with Crippen LogP contribution in [0.4, 0.5) is 17.2 Å². The minimum Gasteiger partial charge on any atom is -0.339 e. The number of para-hydroxylation sites is 1. The average Bonchev–Trinajstić information content (AvgIpc) is 2.59. The van der Waals surface area contributed by atoms with Gasteiger partial charge >= 0.3 is 0 Å². The van der Waals surface area contributed by atoms with E-state index in [1.807, 2.05) is 66.7 Å². The summed E-state index contributed by atoms with van der Waals surface area (Å²) in [7, 11) is 0. The molecule has 0 radical (unpaired) electrons. The normalized spacial score (nSPS) is 10.2. The van der Waals surface area contributed by atoms with E-state index in [0.29, 0.717) is 17.9 Å². The Bertz CT molecular complexity index is 820. The van der Waals surface area contributed by atoms with Crippen molar-refractivity contribution >= 4 is 39.0 Å². The second-order valence-corrected chi connectivity index (χ2v) is 6.10. The SMILES string of the molecule is O=C(Cc1ccccc1)Nc1ccc(Nc2ccccc2Br)nc1. The molecular weight excluding hydrogens is 366 g/mol. The van der Waals surface area contributed by atoms with Crippen molar-refractivity contribution in [1.82, 2.24) is 4.98 Å². The Morgan fingerprint density at radius 1 is 0.958 bits per heavy atom. The van der Waals surface area contributed by atoms with E-state index in [4.69, 9.17) is 0 Å². The molecule has 0 fully saturated rings. The van der Waals surface area contributed by atoms with Crippen molar-refractivity contribution in [1.29, 1.82) is 0 Å². The summed E-state index contributed by atoms with van der Waals surface area (Å²) in [6.45, 7) is 0. The van der Waals surface area contributed by atoms with E-state index in [0.717, 1.165) is 15.7 Å². The number of nitrogens with one attached hydrogen (secondary N) is 2. The molecular formula is C19H16BrN3O. The number of carbonyl (C=O) groups is 1. The maximum absolute atomic E-state index is 12.0. The van der Waals surface area contributed by atoms with E-state index in [9.17, 15) is 4.79 Å². The van der Waals surface area contributed by atoms with Crippen LogP contribution >= 0.6 is 15.9 Å². The van der Waals surface area contributed by atoms with Crippen molar-refractivity contribution < 1.29 is 4.79 Å². The van der Waals surface area contributed by atoms with Crippen LogP contribution in [0.1, 0.15) is 5.56 Å². The summed E-state index contributed by atoms with van der Waals surface area (Å²) in [6, 6.07) is 21.1. The van der Waals surface area contributed by atoms with Gasteiger partial charge in [-0.1, -0.05) is 42.5 Å². The molecule has 0 spiro atoms. The second kappa shape index (κ2) is 7.75. The molecule has 0 aliphatic carbocycles. The minimum absolute atomic E-state index is 0.0606. The number of carbonyl (C=O) groups excluding carboxylic acids is 1. The fourth-order valence-electron chi connectivity index (χ4n) is 2.23. The van der Waals surface area contributed by atoms with Crippen LogP contribution in [0.15, 0.2) is 77.4 Å². The predicted octanol–water partition coefficient (Wildman–Crippen LogP) is 4.77. The molecule has 0 bridgehead atoms. The van der Waals surface area contributed by atoms with Gasteiger partial charge in [-0.3, -0.25) is 4.79 Å². The second-order valence-electron chi connectivity index (χ2n) is 5.25. The van der Waals surface area contributed by atoms with Gasteiger partial charge in [-0.25, -0.2) is 4.98 Å². The zero-order valence-electron chi connectivity index (χ0n) is 12.9. The molecule has 1 aromatic heterocycles. The van der Waals surface area contributed by atoms with Crippen molar-refractivity contribution in [2.24, 2.45) is 0 Å². The van der Waals surface area contributed by atoms with Gasteiger partial charge in [0.15, 0.2) is 0 Å². The third-order valence-electron chi connectivity index (χ3n) is 3.39. The number of benzene rings is 2. The number of aromatic nitrogens is 1. The number of amides is 1. The standard InChI is InChI=1S/C19H16BrN3O/c20-16-8-4-5-9-17(16)23-18-11-10-15(13-21-18)22-19(24)12-14-6-2-1-3-7-14/h1-11,13H,12H2,(H,21,23)(H,22,24). The van der Waals surface area contributed by atoms with Crippen LogP contribution in [0.5, 0.6) is 0 Å². The van der Waals surface area contributed by atoms with Crippen LogP contribution in [0.2, 0.25) is 0 Å². The number of rotatable bonds is 5. The molecule has 24 heavy (non-hydrogen) atoms. The van der Waals surface area contributed by atoms with Gasteiger partial charge in [0.05, 0.1) is 24.0 Å². The lowest BCUT2D eigenvalue weighted by atomic mass is 10.1. The van der Waals surface area contributed by atoms with E-state index in [1.165, 1.54) is 0 Å². The Kier molecular flexibility index (Phi) is 5.23. The van der Waals surface area contributed by atoms with Crippen molar-refractivity contribution in [3.05, 3.63) is 83.0 Å². The Morgan fingerprint density at radius 3 is 2.42 bits per heavy atom. The molecule has 1 heterocycles. The van der Waals surface area contributed by atoms with Gasteiger partial charge in [0.1, 0.15) is 5.82 Å². The van der Waals surface area contributed by atoms with Crippen LogP contribution < -0.4 is 10.6 Å². The Balaban J connectivity index is 1.60. The first-order valence-electron chi connectivity index (χ1n) is 7.52. The summed E-state index contributed by atoms with van der Waals surface area (Å²) in [6.07, 6.45) is 1.99. The van der Waals surface area contributed by atoms with Crippen LogP contribution in [0.3, 0.4) is 0 Å². The van der Waals surface area contributed by atoms with E-state index in [1.54, 1.807) is 6.20 Å². The van der Waals surface area contributed by atoms with Crippen LogP contribution in [0, 0.1) is 0 Å². The molecule has 0 saturated carbocycles. The molecule has 0 atom stereocenters. The average molecular weight is 382 g/mol. The molecule has 0 saturated heterocycles. The minimum atomic E-state index is -0.0606. The van der Waals surface area contributed by atoms with Crippen molar-refractivity contribution in [3.8, 4) is 0 Å². The third kappa shape index (κ3) is 4.43. The number of pyridine rings is 1. The fraction of sp³-hybridized carbons (Fsp3) is 0.0526. The molecule has 1 amide bonds. The van der Waals surface area contributed by atoms with Gasteiger partial charge in [-0.2, -0.15) is 0 Å². The molecule has 0 aliphatic heterocycles. The van der Waals surface area contributed by atoms with Crippen LogP contribution in [-0.2, 0) is 11.2 Å². The molecule has 5 heteroatoms. The highest BCUT2D eigenvalue weighted by Crippen LogP contribution is 2.24. The Labute approximate surface area is 149 Å². The zero-order chi connectivity index (χ0) is 16.8. The molecule has 4 nitrogen and oxygen atoms in total. The van der Waals surface area contributed by atoms with Crippen LogP contribution in [-0.4, -0.2) is 10.9 Å². The van der Waals surface area contributed by atoms with E-state index < -0.39 is 0 Å². The number of anilines is 3. The monoisotopic (exact) mass is 381 g/mol. The molecule has 3 aromatic rings. The summed E-state index contributed by atoms with van der Waals surface area (Å²) in [4.78, 5) is 16.4. The molecule has 0 aliphatic rings. The lowest BCUT2D eigenvalue weighted by Crippen LogP contribution is -2.14. The topological polar surface area (TPSA) is 54.0 Å². The maximum Gasteiger partial charge on any atom is 0.228 e. The smallest absolute Gasteiger partial charge is 0.228 e. The summed E-state index contributed by atoms with van der Waals surface area (Å²) >= 11 is 3.49. The first kappa shape index (κ1) is 16.2. The zero-order valence-corrected chi connectivity index (χ0v) is 14.5. The van der Waals surface area contributed by atoms with Gasteiger partial charge in [0, 0.05) is 4.47 Å². The fourth-order valence-corrected chi connectivity index (χ4v) is 2.61. The number of halogens is 1. The number of hydrogen-bond donors (Lipinski definition) is 2. The van der Waals surface area contributed by atoms with Gasteiger partial charge in [-0.05, 0) is 45.8 Å². The van der Waals surface area contributed by atoms with Gasteiger partial charge in [0.25, 0.3) is 0 Å². The summed E-state index contributed by atoms with van der Waals surface area (Å²) in [5.41, 5.74) is 2.59. The van der Waals surface area contributed by atoms with Crippen molar-refractivity contribution in [2.75, 3.05) is 10.6 Å². The van der Waals surface area contributed by atoms with Gasteiger partial charge < -0.3 is 10.6 Å². The van der Waals surface area contributed by atoms with E-state index >= 15 is 0 Å². The summed E-state index contributed by atoms with van der Waals surface area (Å²) in [5, 5.41) is 6.08. The highest BCUT2D eigenvalue weighted by atomic mass is 79.9. The summed E-state index contributed by atoms with van der Waals surface area (Å²) in [5.74, 6) is 0.650. The quantitative estimate of drug-likeness (QED) is 0.669. The predicted molar refractivity (Wildman–Crippen MR) is 100 cm³/mol. The highest BCUT2D eigenvalue weighted by Gasteiger charge is 2.05. The summed E-state index contributed by atoms with van der Waals surface area (Å²) < 4.78 is 0.965. The van der Waals surface area contributed by atoms with Gasteiger partial charge in [-0.15, -0.1) is 0 Å². The molecule has 2 aromatic carbocycles. The Morgan fingerprint density at radius 2 is 1.71 bits per heavy atom. The molecule has 120 valence electrons. The van der Waals surface area contributed by atoms with Crippen molar-refractivity contribution in [2.45, 2.75) is 6.42 Å². The van der Waals surface area contributed by atoms with Crippen molar-refractivity contribution in [3.63, 3.8) is 0 Å². The first-order chi connectivity index (χ1) is 11.7. The lowest BCUT2D eigenvalue weighted by Gasteiger charge is -2.09. The van der Waals surface area contributed by atoms with E-state index in [-0.39, 0.29) is 5.91 Å². The Hall–Kier alpha value is -2.66. The third-order valence-corrected chi connectivity index (χ3v) is 4.08. The number of hydrogen-bond acceptors (Lipinski definition) is 3. The van der Waals surface area contributed by atoms with Crippen LogP contribution in [0.25, 0.3) is 0 Å². The molecule has 0 unspecified atom stereocenters. The largest absolute Gasteiger partial charge is 0.339 e. The molecule has 3 rings (SSSR count). The lowest BCUT2D eigenvalue weighted by molar-refractivity contribution is -0.115.